The maximum absolute atomic E-state index is 12.7. The highest BCUT2D eigenvalue weighted by Gasteiger charge is 2.35. The molecule has 0 spiro atoms. The van der Waals surface area contributed by atoms with Crippen molar-refractivity contribution in [2.45, 2.75) is 44.8 Å². The second-order valence-electron chi connectivity index (χ2n) is 8.22. The van der Waals surface area contributed by atoms with E-state index >= 15 is 0 Å². The van der Waals surface area contributed by atoms with Gasteiger partial charge in [-0.1, -0.05) is 0 Å². The van der Waals surface area contributed by atoms with Gasteiger partial charge in [-0.2, -0.15) is 0 Å². The molecular formula is C21H28N2O5. The van der Waals surface area contributed by atoms with E-state index in [9.17, 15) is 20.1 Å². The zero-order valence-electron chi connectivity index (χ0n) is 16.4. The Balaban J connectivity index is 1.94. The number of piperidine rings is 1. The third-order valence-corrected chi connectivity index (χ3v) is 6.12. The normalized spacial score (nSPS) is 24.2. The Morgan fingerprint density at radius 1 is 1.18 bits per heavy atom. The predicted molar refractivity (Wildman–Crippen MR) is 106 cm³/mol. The minimum absolute atomic E-state index is 0.0562. The van der Waals surface area contributed by atoms with Crippen LogP contribution in [0.2, 0.25) is 0 Å². The number of aliphatic hydroxyl groups is 1. The van der Waals surface area contributed by atoms with Crippen LogP contribution in [0.25, 0.3) is 11.0 Å². The van der Waals surface area contributed by atoms with Crippen molar-refractivity contribution in [2.24, 2.45) is 0 Å². The molecule has 2 aromatic rings. The van der Waals surface area contributed by atoms with E-state index in [1.165, 1.54) is 6.07 Å². The largest absolute Gasteiger partial charge is 0.507 e. The highest BCUT2D eigenvalue weighted by molar-refractivity contribution is 5.90. The molecule has 3 N–H and O–H groups in total. The Kier molecular flexibility index (Phi) is 5.07. The molecular weight excluding hydrogens is 360 g/mol. The van der Waals surface area contributed by atoms with Gasteiger partial charge in [0.05, 0.1) is 11.7 Å². The predicted octanol–water partition coefficient (Wildman–Crippen LogP) is 1.89. The topological polar surface area (TPSA) is 97.4 Å². The molecule has 2 unspecified atom stereocenters. The number of benzene rings is 1. The molecule has 1 aromatic heterocycles. The van der Waals surface area contributed by atoms with E-state index in [-0.39, 0.29) is 33.8 Å². The van der Waals surface area contributed by atoms with E-state index in [1.807, 2.05) is 11.9 Å². The Morgan fingerprint density at radius 2 is 1.89 bits per heavy atom. The van der Waals surface area contributed by atoms with E-state index < -0.39 is 6.10 Å². The molecule has 0 amide bonds. The second-order valence-corrected chi connectivity index (χ2v) is 8.22. The van der Waals surface area contributed by atoms with Crippen LogP contribution >= 0.6 is 0 Å². The number of phenols is 2. The fourth-order valence-electron chi connectivity index (χ4n) is 4.64. The molecule has 0 radical (unpaired) electrons. The molecule has 2 fully saturated rings. The molecule has 2 aliphatic rings. The van der Waals surface area contributed by atoms with E-state index in [2.05, 4.69) is 4.90 Å². The number of aromatic hydroxyl groups is 2. The van der Waals surface area contributed by atoms with Crippen LogP contribution in [-0.4, -0.2) is 64.5 Å². The molecule has 152 valence electrons. The quantitative estimate of drug-likeness (QED) is 0.739. The van der Waals surface area contributed by atoms with Gasteiger partial charge in [-0.25, -0.2) is 0 Å². The zero-order chi connectivity index (χ0) is 20.0. The van der Waals surface area contributed by atoms with Gasteiger partial charge < -0.3 is 24.6 Å². The van der Waals surface area contributed by atoms with Crippen molar-refractivity contribution < 1.29 is 19.7 Å². The Labute approximate surface area is 163 Å². The third-order valence-electron chi connectivity index (χ3n) is 6.12. The van der Waals surface area contributed by atoms with E-state index in [0.29, 0.717) is 36.4 Å². The van der Waals surface area contributed by atoms with Gasteiger partial charge >= 0.3 is 0 Å². The lowest BCUT2D eigenvalue weighted by Crippen LogP contribution is -2.40. The summed E-state index contributed by atoms with van der Waals surface area (Å²) in [4.78, 5) is 16.9. The minimum atomic E-state index is -0.692. The van der Waals surface area contributed by atoms with Gasteiger partial charge in [-0.05, 0) is 52.9 Å². The van der Waals surface area contributed by atoms with Gasteiger partial charge in [0.15, 0.2) is 5.43 Å². The minimum Gasteiger partial charge on any atom is -0.507 e. The third kappa shape index (κ3) is 3.27. The van der Waals surface area contributed by atoms with Crippen LogP contribution in [0.5, 0.6) is 11.5 Å². The summed E-state index contributed by atoms with van der Waals surface area (Å²) in [5, 5.41) is 32.9. The summed E-state index contributed by atoms with van der Waals surface area (Å²) in [6.45, 7) is 5.07. The molecule has 2 aliphatic heterocycles. The van der Waals surface area contributed by atoms with Crippen LogP contribution in [0.3, 0.4) is 0 Å². The lowest BCUT2D eigenvalue weighted by atomic mass is 9.84. The van der Waals surface area contributed by atoms with Gasteiger partial charge in [-0.3, -0.25) is 9.69 Å². The first kappa shape index (κ1) is 19.2. The lowest BCUT2D eigenvalue weighted by Gasteiger charge is -2.34. The molecule has 7 heteroatoms. The molecule has 4 rings (SSSR count). The molecule has 3 heterocycles. The molecule has 28 heavy (non-hydrogen) atoms. The van der Waals surface area contributed by atoms with Crippen molar-refractivity contribution in [3.05, 3.63) is 33.2 Å². The molecule has 0 saturated carbocycles. The number of phenolic OH excluding ortho intramolecular Hbond substituents is 2. The molecule has 1 aromatic carbocycles. The number of likely N-dealkylation sites (tertiary alicyclic amines) is 2. The Bertz CT molecular complexity index is 948. The fraction of sp³-hybridized carbons (Fsp3) is 0.571. The summed E-state index contributed by atoms with van der Waals surface area (Å²) in [6.07, 6.45) is 2.10. The fourth-order valence-corrected chi connectivity index (χ4v) is 4.64. The van der Waals surface area contributed by atoms with Crippen molar-refractivity contribution in [1.29, 1.82) is 0 Å². The average molecular weight is 388 g/mol. The van der Waals surface area contributed by atoms with Gasteiger partial charge in [0.1, 0.15) is 28.2 Å². The maximum Gasteiger partial charge on any atom is 0.196 e. The molecule has 2 atom stereocenters. The van der Waals surface area contributed by atoms with E-state index in [0.717, 1.165) is 32.5 Å². The van der Waals surface area contributed by atoms with Crippen molar-refractivity contribution in [3.8, 4) is 11.5 Å². The van der Waals surface area contributed by atoms with E-state index in [1.54, 1.807) is 6.92 Å². The van der Waals surface area contributed by atoms with Gasteiger partial charge in [0, 0.05) is 30.6 Å². The van der Waals surface area contributed by atoms with Crippen LogP contribution in [0, 0.1) is 6.92 Å². The standard InChI is InChI=1S/C21H28N2O5/c1-12-9-15(24)18-20(27)14(10-23-6-3-4-7-23)19(26)17(21(18)28-12)13-5-8-22(2)11-16(13)25/h9,13,16,25-27H,3-8,10-11H2,1-2H3. The second kappa shape index (κ2) is 7.39. The summed E-state index contributed by atoms with van der Waals surface area (Å²) in [5.41, 5.74) is 0.663. The van der Waals surface area contributed by atoms with Crippen LogP contribution in [-0.2, 0) is 6.54 Å². The first-order chi connectivity index (χ1) is 13.4. The number of likely N-dealkylation sites (N-methyl/N-ethyl adjacent to an activating group) is 1. The van der Waals surface area contributed by atoms with Crippen molar-refractivity contribution in [3.63, 3.8) is 0 Å². The number of hydrogen-bond donors (Lipinski definition) is 3. The monoisotopic (exact) mass is 388 g/mol. The smallest absolute Gasteiger partial charge is 0.196 e. The van der Waals surface area contributed by atoms with Crippen LogP contribution in [0.4, 0.5) is 0 Å². The maximum atomic E-state index is 12.7. The summed E-state index contributed by atoms with van der Waals surface area (Å²) >= 11 is 0. The first-order valence-electron chi connectivity index (χ1n) is 9.97. The van der Waals surface area contributed by atoms with Crippen LogP contribution in [0.1, 0.15) is 42.1 Å². The van der Waals surface area contributed by atoms with Gasteiger partial charge in [-0.15, -0.1) is 0 Å². The van der Waals surface area contributed by atoms with Crippen molar-refractivity contribution in [2.75, 3.05) is 33.2 Å². The molecule has 7 nitrogen and oxygen atoms in total. The van der Waals surface area contributed by atoms with Gasteiger partial charge in [0.25, 0.3) is 0 Å². The first-order valence-corrected chi connectivity index (χ1v) is 9.97. The lowest BCUT2D eigenvalue weighted by molar-refractivity contribution is 0.0629. The van der Waals surface area contributed by atoms with Gasteiger partial charge in [0.2, 0.25) is 0 Å². The number of aliphatic hydroxyl groups excluding tert-OH is 1. The summed E-state index contributed by atoms with van der Waals surface area (Å²) in [5.74, 6) is -0.215. The number of hydrogen-bond acceptors (Lipinski definition) is 7. The average Bonchev–Trinajstić information content (AvgIpc) is 3.13. The zero-order valence-corrected chi connectivity index (χ0v) is 16.4. The summed E-state index contributed by atoms with van der Waals surface area (Å²) in [7, 11) is 1.94. The highest BCUT2D eigenvalue weighted by Crippen LogP contribution is 2.45. The number of nitrogens with zero attached hydrogens (tertiary/aromatic N) is 2. The Hall–Kier alpha value is -2.09. The number of fused-ring (bicyclic) bond motifs is 1. The summed E-state index contributed by atoms with van der Waals surface area (Å²) in [6, 6.07) is 1.35. The molecule has 0 aliphatic carbocycles. The van der Waals surface area contributed by atoms with E-state index in [4.69, 9.17) is 4.42 Å². The van der Waals surface area contributed by atoms with Crippen LogP contribution in [0.15, 0.2) is 15.3 Å². The summed E-state index contributed by atoms with van der Waals surface area (Å²) < 4.78 is 5.83. The SMILES string of the molecule is Cc1cc(=O)c2c(O)c(CN3CCCC3)c(O)c(C3CCN(C)CC3O)c2o1. The number of β-amino-alcohol motifs (C(OH)–C–C–N with tert-alkyl or cyclic N) is 1. The number of aryl methyl sites for hydroxylation is 1. The Morgan fingerprint density at radius 3 is 2.57 bits per heavy atom. The highest BCUT2D eigenvalue weighted by atomic mass is 16.3. The number of rotatable bonds is 3. The van der Waals surface area contributed by atoms with Crippen molar-refractivity contribution in [1.82, 2.24) is 9.80 Å². The molecule has 0 bridgehead atoms. The van der Waals surface area contributed by atoms with Crippen molar-refractivity contribution >= 4 is 11.0 Å². The van der Waals surface area contributed by atoms with Crippen LogP contribution < -0.4 is 5.43 Å². The molecule has 2 saturated heterocycles.